The quantitative estimate of drug-likeness (QED) is 0.497. The van der Waals surface area contributed by atoms with E-state index in [1.807, 2.05) is 0 Å². The second kappa shape index (κ2) is 4.47. The molecule has 0 unspecified atom stereocenters. The molecule has 0 aromatic rings. The number of carbonyl (C=O) groups excluding carboxylic acids is 1. The molecule has 5 nitrogen and oxygen atoms in total. The molecule has 0 spiro atoms. The van der Waals surface area contributed by atoms with Gasteiger partial charge < -0.3 is 19.9 Å². The van der Waals surface area contributed by atoms with Gasteiger partial charge in [0.25, 0.3) is 0 Å². The largest absolute Gasteiger partial charge is 0.390 e. The van der Waals surface area contributed by atoms with Crippen molar-refractivity contribution < 1.29 is 19.4 Å². The minimum Gasteiger partial charge on any atom is -0.390 e. The van der Waals surface area contributed by atoms with E-state index in [0.29, 0.717) is 6.42 Å². The Kier molecular flexibility index (Phi) is 3.70. The van der Waals surface area contributed by atoms with Crippen molar-refractivity contribution in [1.29, 1.82) is 0 Å². The lowest BCUT2D eigenvalue weighted by Gasteiger charge is -2.44. The summed E-state index contributed by atoms with van der Waals surface area (Å²) in [5.41, 5.74) is -1.00. The highest BCUT2D eigenvalue weighted by Gasteiger charge is 2.48. The highest BCUT2D eigenvalue weighted by molar-refractivity contribution is 5.86. The van der Waals surface area contributed by atoms with E-state index in [1.54, 1.807) is 28.1 Å². The first-order chi connectivity index (χ1) is 6.90. The van der Waals surface area contributed by atoms with E-state index in [2.05, 4.69) is 5.32 Å². The molecular weight excluding hydrogens is 198 g/mol. The minimum atomic E-state index is -1.00. The van der Waals surface area contributed by atoms with E-state index < -0.39 is 5.60 Å². The molecule has 1 amide bonds. The number of aliphatic hydroxyl groups is 1. The zero-order chi connectivity index (χ0) is 11.6. The van der Waals surface area contributed by atoms with Crippen LogP contribution in [0.5, 0.6) is 0 Å². The number of amides is 1. The van der Waals surface area contributed by atoms with Gasteiger partial charge in [-0.3, -0.25) is 4.79 Å². The van der Waals surface area contributed by atoms with Gasteiger partial charge in [-0.15, -0.1) is 0 Å². The Labute approximate surface area is 89.8 Å². The summed E-state index contributed by atoms with van der Waals surface area (Å²) in [6.45, 7) is 3.27. The first-order valence-corrected chi connectivity index (χ1v) is 4.98. The van der Waals surface area contributed by atoms with Crippen LogP contribution in [0.15, 0.2) is 0 Å². The van der Waals surface area contributed by atoms with Crippen LogP contribution < -0.4 is 5.32 Å². The van der Waals surface area contributed by atoms with Crippen molar-refractivity contribution in [2.24, 2.45) is 5.92 Å². The van der Waals surface area contributed by atoms with Crippen molar-refractivity contribution in [1.82, 2.24) is 5.32 Å². The van der Waals surface area contributed by atoms with Crippen molar-refractivity contribution in [2.45, 2.75) is 38.2 Å². The molecule has 2 atom stereocenters. The second-order valence-corrected chi connectivity index (χ2v) is 4.38. The van der Waals surface area contributed by atoms with Crippen LogP contribution in [0.2, 0.25) is 0 Å². The van der Waals surface area contributed by atoms with Gasteiger partial charge in [-0.2, -0.15) is 0 Å². The van der Waals surface area contributed by atoms with Gasteiger partial charge in [0, 0.05) is 26.7 Å². The molecule has 1 rings (SSSR count). The second-order valence-electron chi connectivity index (χ2n) is 4.38. The summed E-state index contributed by atoms with van der Waals surface area (Å²) < 4.78 is 10.1. The van der Waals surface area contributed by atoms with Crippen LogP contribution in [-0.4, -0.2) is 43.2 Å². The van der Waals surface area contributed by atoms with Gasteiger partial charge in [0.1, 0.15) is 0 Å². The fraction of sp³-hybridized carbons (Fsp3) is 0.900. The molecule has 0 radical (unpaired) electrons. The summed E-state index contributed by atoms with van der Waals surface area (Å²) >= 11 is 0. The van der Waals surface area contributed by atoms with Crippen molar-refractivity contribution in [2.75, 3.05) is 14.2 Å². The lowest BCUT2D eigenvalue weighted by atomic mass is 9.76. The van der Waals surface area contributed by atoms with E-state index in [-0.39, 0.29) is 24.2 Å². The molecule has 2 N–H and O–H groups in total. The molecule has 0 saturated carbocycles. The monoisotopic (exact) mass is 217 g/mol. The smallest absolute Gasteiger partial charge is 0.228 e. The third-order valence-electron chi connectivity index (χ3n) is 2.75. The van der Waals surface area contributed by atoms with E-state index in [4.69, 9.17) is 9.47 Å². The topological polar surface area (TPSA) is 67.8 Å². The molecule has 15 heavy (non-hydrogen) atoms. The number of ether oxygens (including phenoxy) is 2. The number of nitrogens with one attached hydrogen (secondary N) is 1. The Hall–Kier alpha value is -0.650. The molecule has 0 aliphatic carbocycles. The summed E-state index contributed by atoms with van der Waals surface area (Å²) in [5, 5.41) is 12.5. The SMILES string of the molecule is COC(C[C@H]1NC(=O)[C@H]1C(C)(C)O)OC. The third-order valence-corrected chi connectivity index (χ3v) is 2.75. The fourth-order valence-corrected chi connectivity index (χ4v) is 1.95. The van der Waals surface area contributed by atoms with Gasteiger partial charge >= 0.3 is 0 Å². The lowest BCUT2D eigenvalue weighted by Crippen LogP contribution is -2.66. The lowest BCUT2D eigenvalue weighted by molar-refractivity contribution is -0.158. The van der Waals surface area contributed by atoms with Crippen LogP contribution in [0.3, 0.4) is 0 Å². The van der Waals surface area contributed by atoms with Crippen molar-refractivity contribution >= 4 is 5.91 Å². The molecule has 1 aliphatic rings. The maximum atomic E-state index is 11.3. The first-order valence-electron chi connectivity index (χ1n) is 4.98. The molecule has 0 bridgehead atoms. The molecule has 1 fully saturated rings. The first kappa shape index (κ1) is 12.4. The number of β-lactam (4-membered cyclic amide) rings is 1. The number of carbonyl (C=O) groups is 1. The maximum Gasteiger partial charge on any atom is 0.228 e. The van der Waals surface area contributed by atoms with E-state index in [1.165, 1.54) is 0 Å². The third kappa shape index (κ3) is 2.68. The van der Waals surface area contributed by atoms with Gasteiger partial charge in [-0.25, -0.2) is 0 Å². The molecule has 1 saturated heterocycles. The van der Waals surface area contributed by atoms with Gasteiger partial charge in [-0.1, -0.05) is 0 Å². The van der Waals surface area contributed by atoms with Crippen molar-refractivity contribution in [3.63, 3.8) is 0 Å². The maximum absolute atomic E-state index is 11.3. The summed E-state index contributed by atoms with van der Waals surface area (Å²) in [7, 11) is 3.10. The zero-order valence-corrected chi connectivity index (χ0v) is 9.61. The van der Waals surface area contributed by atoms with Crippen LogP contribution in [0.4, 0.5) is 0 Å². The number of hydrogen-bond donors (Lipinski definition) is 2. The van der Waals surface area contributed by atoms with E-state index in [0.717, 1.165) is 0 Å². The van der Waals surface area contributed by atoms with Gasteiger partial charge in [0.05, 0.1) is 11.5 Å². The Morgan fingerprint density at radius 2 is 2.00 bits per heavy atom. The van der Waals surface area contributed by atoms with Crippen LogP contribution in [-0.2, 0) is 14.3 Å². The molecule has 5 heteroatoms. The summed E-state index contributed by atoms with van der Waals surface area (Å²) in [5.74, 6) is -0.497. The highest BCUT2D eigenvalue weighted by atomic mass is 16.7. The summed E-state index contributed by atoms with van der Waals surface area (Å²) in [4.78, 5) is 11.3. The van der Waals surface area contributed by atoms with Crippen molar-refractivity contribution in [3.05, 3.63) is 0 Å². The van der Waals surface area contributed by atoms with Gasteiger partial charge in [-0.05, 0) is 13.8 Å². The zero-order valence-electron chi connectivity index (χ0n) is 9.61. The highest BCUT2D eigenvalue weighted by Crippen LogP contribution is 2.30. The molecule has 1 heterocycles. The minimum absolute atomic E-state index is 0.0811. The fourth-order valence-electron chi connectivity index (χ4n) is 1.95. The van der Waals surface area contributed by atoms with E-state index >= 15 is 0 Å². The molecular formula is C10H19NO4. The molecule has 0 aromatic carbocycles. The normalized spacial score (nSPS) is 26.4. The predicted octanol–water partition coefficient (Wildman–Crippen LogP) is -0.119. The Morgan fingerprint density at radius 1 is 1.47 bits per heavy atom. The molecule has 0 aromatic heterocycles. The van der Waals surface area contributed by atoms with Crippen LogP contribution >= 0.6 is 0 Å². The van der Waals surface area contributed by atoms with Crippen LogP contribution in [0.1, 0.15) is 20.3 Å². The number of methoxy groups -OCH3 is 2. The van der Waals surface area contributed by atoms with Crippen LogP contribution in [0, 0.1) is 5.92 Å². The Balaban J connectivity index is 2.54. The average Bonchev–Trinajstić information content (AvgIpc) is 2.08. The van der Waals surface area contributed by atoms with Gasteiger partial charge in [0.2, 0.25) is 5.91 Å². The number of hydrogen-bond acceptors (Lipinski definition) is 4. The Morgan fingerprint density at radius 3 is 2.33 bits per heavy atom. The van der Waals surface area contributed by atoms with Crippen LogP contribution in [0.25, 0.3) is 0 Å². The molecule has 88 valence electrons. The van der Waals surface area contributed by atoms with E-state index in [9.17, 15) is 9.90 Å². The Bertz CT molecular complexity index is 232. The number of rotatable bonds is 5. The van der Waals surface area contributed by atoms with Crippen molar-refractivity contribution in [3.8, 4) is 0 Å². The summed E-state index contributed by atoms with van der Waals surface area (Å²) in [6.07, 6.45) is 0.202. The molecule has 1 aliphatic heterocycles. The average molecular weight is 217 g/mol. The summed E-state index contributed by atoms with van der Waals surface area (Å²) in [6, 6.07) is -0.0811. The van der Waals surface area contributed by atoms with Gasteiger partial charge in [0.15, 0.2) is 6.29 Å². The predicted molar refractivity (Wildman–Crippen MR) is 54.1 cm³/mol. The standard InChI is InChI=1S/C10H19NO4/c1-10(2,13)8-6(11-9(8)12)5-7(14-3)15-4/h6-8,13H,5H2,1-4H3,(H,11,12)/t6-,8+/m1/s1.